The number of aryl methyl sites for hydroxylation is 2. The van der Waals surface area contributed by atoms with E-state index in [1.165, 1.54) is 83.5 Å². The van der Waals surface area contributed by atoms with Gasteiger partial charge in [0.05, 0.1) is 5.69 Å². The molecule has 5 aliphatic rings. The van der Waals surface area contributed by atoms with Gasteiger partial charge in [0.2, 0.25) is 0 Å². The molecule has 0 fully saturated rings. The highest BCUT2D eigenvalue weighted by Gasteiger charge is 2.51. The number of benzene rings is 7. The molecule has 0 saturated heterocycles. The van der Waals surface area contributed by atoms with Crippen molar-refractivity contribution in [3.05, 3.63) is 183 Å². The number of hydrogen-bond acceptors (Lipinski definition) is 2. The van der Waals surface area contributed by atoms with Crippen molar-refractivity contribution >= 4 is 57.2 Å². The Morgan fingerprint density at radius 1 is 0.466 bits per heavy atom. The topological polar surface area (TPSA) is 6.48 Å². The summed E-state index contributed by atoms with van der Waals surface area (Å²) in [5, 5.41) is 0. The van der Waals surface area contributed by atoms with Crippen LogP contribution in [0.15, 0.2) is 127 Å². The van der Waals surface area contributed by atoms with Crippen molar-refractivity contribution in [2.45, 2.75) is 181 Å². The summed E-state index contributed by atoms with van der Waals surface area (Å²) < 4.78 is 26.7. The van der Waals surface area contributed by atoms with Crippen molar-refractivity contribution in [3.63, 3.8) is 0 Å². The minimum absolute atomic E-state index is 0.0284. The van der Waals surface area contributed by atoms with E-state index < -0.39 is 6.85 Å². The van der Waals surface area contributed by atoms with E-state index in [1.54, 1.807) is 0 Å². The lowest BCUT2D eigenvalue weighted by Gasteiger charge is -2.48. The third kappa shape index (κ3) is 7.09. The molecule has 0 spiro atoms. The van der Waals surface area contributed by atoms with Crippen molar-refractivity contribution in [1.82, 2.24) is 0 Å². The molecule has 0 bridgehead atoms. The van der Waals surface area contributed by atoms with Crippen molar-refractivity contribution in [3.8, 4) is 11.1 Å². The van der Waals surface area contributed by atoms with E-state index in [0.29, 0.717) is 0 Å². The lowest BCUT2D eigenvalue weighted by atomic mass is 9.32. The number of nitrogens with zero attached hydrogens (tertiary/aromatic N) is 2. The summed E-state index contributed by atoms with van der Waals surface area (Å²) in [5.41, 5.74) is 25.7. The average molecular weight is 962 g/mol. The average Bonchev–Trinajstić information content (AvgIpc) is 3.78. The minimum Gasteiger partial charge on any atom is -0.311 e. The molecular weight excluding hydrogens is 880 g/mol. The first-order valence-corrected chi connectivity index (χ1v) is 27.5. The summed E-state index contributed by atoms with van der Waals surface area (Å²) in [6, 6.07) is 49.0. The van der Waals surface area contributed by atoms with Crippen LogP contribution in [0.2, 0.25) is 0 Å². The van der Waals surface area contributed by atoms with Crippen LogP contribution in [0.5, 0.6) is 0 Å². The Kier molecular flexibility index (Phi) is 9.56. The molecule has 2 heterocycles. The van der Waals surface area contributed by atoms with Crippen LogP contribution in [0.25, 0.3) is 11.1 Å². The second-order valence-corrected chi connectivity index (χ2v) is 27.7. The van der Waals surface area contributed by atoms with E-state index in [1.807, 2.05) is 0 Å². The number of rotatable bonds is 6. The molecule has 2 nitrogen and oxygen atoms in total. The van der Waals surface area contributed by atoms with E-state index in [4.69, 9.17) is 4.11 Å². The van der Waals surface area contributed by atoms with Gasteiger partial charge in [-0.2, -0.15) is 0 Å². The lowest BCUT2D eigenvalue weighted by molar-refractivity contribution is 0.332. The molecule has 2 aliphatic heterocycles. The maximum Gasteiger partial charge on any atom is 0.252 e. The van der Waals surface area contributed by atoms with Crippen LogP contribution < -0.4 is 26.2 Å². The molecule has 0 amide bonds. The van der Waals surface area contributed by atoms with E-state index in [9.17, 15) is 0 Å². The zero-order valence-corrected chi connectivity index (χ0v) is 46.6. The minimum atomic E-state index is -2.20. The third-order valence-corrected chi connectivity index (χ3v) is 19.2. The smallest absolute Gasteiger partial charge is 0.252 e. The van der Waals surface area contributed by atoms with Crippen LogP contribution in [-0.2, 0) is 44.3 Å². The fraction of sp³-hybridized carbons (Fsp3) is 0.400. The molecule has 0 saturated carbocycles. The molecule has 0 radical (unpaired) electrons. The predicted octanol–water partition coefficient (Wildman–Crippen LogP) is 16.9. The van der Waals surface area contributed by atoms with Crippen molar-refractivity contribution in [1.29, 1.82) is 0 Å². The predicted molar refractivity (Wildman–Crippen MR) is 315 cm³/mol. The fourth-order valence-corrected chi connectivity index (χ4v) is 15.5. The Morgan fingerprint density at radius 2 is 0.918 bits per heavy atom. The van der Waals surface area contributed by atoms with Crippen molar-refractivity contribution in [2.24, 2.45) is 0 Å². The van der Waals surface area contributed by atoms with Crippen LogP contribution in [0.3, 0.4) is 0 Å². The molecule has 0 aromatic heterocycles. The Hall–Kier alpha value is -5.80. The van der Waals surface area contributed by atoms with Crippen LogP contribution >= 0.6 is 0 Å². The fourth-order valence-electron chi connectivity index (χ4n) is 15.5. The van der Waals surface area contributed by atoms with Crippen LogP contribution in [0.1, 0.15) is 189 Å². The van der Waals surface area contributed by atoms with Gasteiger partial charge in [0.1, 0.15) is 0 Å². The first kappa shape index (κ1) is 44.7. The highest BCUT2D eigenvalue weighted by atomic mass is 15.2. The Balaban J connectivity index is 1.24. The second kappa shape index (κ2) is 15.6. The number of anilines is 6. The van der Waals surface area contributed by atoms with Crippen LogP contribution in [-0.4, -0.2) is 6.71 Å². The maximum atomic E-state index is 8.91. The van der Waals surface area contributed by atoms with Gasteiger partial charge >= 0.3 is 0 Å². The van der Waals surface area contributed by atoms with E-state index in [-0.39, 0.29) is 51.0 Å². The van der Waals surface area contributed by atoms with Crippen LogP contribution in [0, 0.1) is 6.92 Å². The first-order chi connectivity index (χ1) is 35.4. The molecule has 3 aliphatic carbocycles. The highest BCUT2D eigenvalue weighted by molar-refractivity contribution is 7.00. The van der Waals surface area contributed by atoms with E-state index >= 15 is 0 Å². The van der Waals surface area contributed by atoms with Gasteiger partial charge in [0.25, 0.3) is 6.71 Å². The molecule has 7 aromatic carbocycles. The molecule has 12 rings (SSSR count). The van der Waals surface area contributed by atoms with Crippen molar-refractivity contribution < 1.29 is 4.11 Å². The van der Waals surface area contributed by atoms with Gasteiger partial charge in [-0.25, -0.2) is 0 Å². The molecule has 3 heteroatoms. The summed E-state index contributed by atoms with van der Waals surface area (Å²) in [7, 11) is 0. The van der Waals surface area contributed by atoms with E-state index in [2.05, 4.69) is 241 Å². The second-order valence-electron chi connectivity index (χ2n) is 27.7. The highest BCUT2D eigenvalue weighted by Crippen LogP contribution is 2.57. The summed E-state index contributed by atoms with van der Waals surface area (Å²) in [4.78, 5) is 5.18. The molecular formula is C70H79BN2. The van der Waals surface area contributed by atoms with Gasteiger partial charge < -0.3 is 9.80 Å². The van der Waals surface area contributed by atoms with Crippen molar-refractivity contribution in [2.75, 3.05) is 9.80 Å². The molecule has 0 atom stereocenters. The Labute approximate surface area is 444 Å². The quantitative estimate of drug-likeness (QED) is 0.153. The molecule has 0 N–H and O–H groups in total. The SMILES string of the molecule is [2H]C([2H])([2H])Cc1cc2c3c(c1)N(c1ccc(C(C)(C)c4ccccc4)cc1-c1ccccc1)c1cc4c(cc1B3c1cc3c(cc1N2c1cc2c(cc1C)C(C)(C)CC2(C)C)C(C)(C)CC3(C)C)C(C)(C)CCC4(C)C. The normalized spacial score (nSPS) is 20.4. The van der Waals surface area contributed by atoms with Crippen LogP contribution in [0.4, 0.5) is 34.1 Å². The summed E-state index contributed by atoms with van der Waals surface area (Å²) >= 11 is 0. The summed E-state index contributed by atoms with van der Waals surface area (Å²) in [6.45, 7) is 33.9. The van der Waals surface area contributed by atoms with E-state index in [0.717, 1.165) is 59.4 Å². The first-order valence-electron chi connectivity index (χ1n) is 29.0. The summed E-state index contributed by atoms with van der Waals surface area (Å²) in [5.74, 6) is 0. The van der Waals surface area contributed by atoms with Gasteiger partial charge in [-0.05, 0) is 192 Å². The molecule has 7 aromatic rings. The largest absolute Gasteiger partial charge is 0.311 e. The maximum absolute atomic E-state index is 8.91. The molecule has 73 heavy (non-hydrogen) atoms. The Bertz CT molecular complexity index is 3550. The molecule has 372 valence electrons. The van der Waals surface area contributed by atoms with Gasteiger partial charge in [0.15, 0.2) is 0 Å². The standard InChI is InChI=1S/C70H79BN2/c1-17-44-33-61-63-62(34-44)73(58-38-53-49(32-43(58)2)66(7,8)41-68(53,11)12)60-40-54-51(67(9,10)42-69(54,13)14)37-56(60)71(63)55-36-50-52(65(5,6)31-30-64(50,3)4)39-59(55)72(61)57-29-28-47(35-48(57)45-24-20-18-21-25-45)70(15,16)46-26-22-19-23-27-46/h18-29,32-40H,17,30-31,41-42H2,1-16H3/i1D3. The van der Waals surface area contributed by atoms with Gasteiger partial charge in [-0.15, -0.1) is 0 Å². The summed E-state index contributed by atoms with van der Waals surface area (Å²) in [6.07, 6.45) is 4.30. The van der Waals surface area contributed by atoms with Gasteiger partial charge in [-0.1, -0.05) is 189 Å². The zero-order valence-electron chi connectivity index (χ0n) is 49.6. The number of fused-ring (bicyclic) bond motifs is 7. The number of hydrogen-bond donors (Lipinski definition) is 0. The molecule has 0 unspecified atom stereocenters. The zero-order chi connectivity index (χ0) is 54.2. The van der Waals surface area contributed by atoms with Gasteiger partial charge in [0, 0.05) is 43.5 Å². The monoisotopic (exact) mass is 962 g/mol. The lowest BCUT2D eigenvalue weighted by Crippen LogP contribution is -2.62. The third-order valence-electron chi connectivity index (χ3n) is 19.2. The Morgan fingerprint density at radius 3 is 1.45 bits per heavy atom. The van der Waals surface area contributed by atoms with Gasteiger partial charge in [-0.3, -0.25) is 0 Å².